The first-order chi connectivity index (χ1) is 8.61. The van der Waals surface area contributed by atoms with Gasteiger partial charge in [-0.2, -0.15) is 0 Å². The molecule has 0 fully saturated rings. The normalized spacial score (nSPS) is 16.9. The summed E-state index contributed by atoms with van der Waals surface area (Å²) < 4.78 is 6.97. The maximum atomic E-state index is 11.3. The average molecular weight is 327 g/mol. The van der Waals surface area contributed by atoms with Crippen molar-refractivity contribution in [3.63, 3.8) is 0 Å². The number of hydrogen-bond donors (Lipinski definition) is 1. The summed E-state index contributed by atoms with van der Waals surface area (Å²) in [6.45, 7) is 7.57. The summed E-state index contributed by atoms with van der Waals surface area (Å²) in [7, 11) is 0. The van der Waals surface area contributed by atoms with Gasteiger partial charge in [0.05, 0.1) is 5.41 Å². The van der Waals surface area contributed by atoms with Crippen molar-refractivity contribution in [2.24, 2.45) is 5.41 Å². The van der Waals surface area contributed by atoms with E-state index in [4.69, 9.17) is 4.74 Å². The van der Waals surface area contributed by atoms with Crippen LogP contribution in [0.15, 0.2) is 16.6 Å². The van der Waals surface area contributed by atoms with Gasteiger partial charge < -0.3 is 9.84 Å². The van der Waals surface area contributed by atoms with Gasteiger partial charge in [-0.15, -0.1) is 0 Å². The quantitative estimate of drug-likeness (QED) is 0.918. The van der Waals surface area contributed by atoms with Crippen molar-refractivity contribution < 1.29 is 14.6 Å². The van der Waals surface area contributed by atoms with Crippen LogP contribution in [0, 0.1) is 5.41 Å². The summed E-state index contributed by atoms with van der Waals surface area (Å²) in [5.74, 6) is 0.0704. The zero-order chi connectivity index (χ0) is 14.4. The third-order valence-electron chi connectivity index (χ3n) is 3.41. The van der Waals surface area contributed by atoms with E-state index < -0.39 is 11.4 Å². The Morgan fingerprint density at radius 2 is 2.11 bits per heavy atom. The summed E-state index contributed by atoms with van der Waals surface area (Å²) in [6, 6.07) is 4.02. The standard InChI is InChI=1S/C15H19BrO3/c1-14(2,13(17)18)7-9-5-11(16)6-10-8-15(3,4)19-12(9)10/h5-6H,7-8H2,1-4H3,(H,17,18). The summed E-state index contributed by atoms with van der Waals surface area (Å²) in [5.41, 5.74) is 1.09. The van der Waals surface area contributed by atoms with Gasteiger partial charge in [0.25, 0.3) is 0 Å². The molecule has 0 radical (unpaired) electrons. The minimum absolute atomic E-state index is 0.217. The fourth-order valence-electron chi connectivity index (χ4n) is 2.43. The van der Waals surface area contributed by atoms with Gasteiger partial charge in [-0.05, 0) is 57.4 Å². The fraction of sp³-hybridized carbons (Fsp3) is 0.533. The summed E-state index contributed by atoms with van der Waals surface area (Å²) in [4.78, 5) is 11.3. The van der Waals surface area contributed by atoms with E-state index in [2.05, 4.69) is 22.0 Å². The number of halogens is 1. The van der Waals surface area contributed by atoms with Gasteiger partial charge in [-0.1, -0.05) is 15.9 Å². The van der Waals surface area contributed by atoms with Crippen LogP contribution in [0.4, 0.5) is 0 Å². The first-order valence-electron chi connectivity index (χ1n) is 6.34. The second-order valence-corrected chi connectivity index (χ2v) is 7.37. The molecule has 0 unspecified atom stereocenters. The van der Waals surface area contributed by atoms with Gasteiger partial charge in [0.1, 0.15) is 11.4 Å². The zero-order valence-corrected chi connectivity index (χ0v) is 13.3. The Kier molecular flexibility index (Phi) is 3.42. The molecule has 0 amide bonds. The molecule has 1 aliphatic rings. The Hall–Kier alpha value is -1.03. The number of carbonyl (C=O) groups is 1. The molecule has 1 aromatic carbocycles. The molecule has 2 rings (SSSR count). The number of benzene rings is 1. The van der Waals surface area contributed by atoms with Crippen LogP contribution in [0.2, 0.25) is 0 Å². The van der Waals surface area contributed by atoms with Crippen LogP contribution in [-0.2, 0) is 17.6 Å². The number of rotatable bonds is 3. The lowest BCUT2D eigenvalue weighted by molar-refractivity contribution is -0.146. The zero-order valence-electron chi connectivity index (χ0n) is 11.7. The van der Waals surface area contributed by atoms with Crippen molar-refractivity contribution in [3.05, 3.63) is 27.7 Å². The van der Waals surface area contributed by atoms with Crippen molar-refractivity contribution >= 4 is 21.9 Å². The monoisotopic (exact) mass is 326 g/mol. The van der Waals surface area contributed by atoms with Crippen molar-refractivity contribution in [2.45, 2.75) is 46.1 Å². The highest BCUT2D eigenvalue weighted by Crippen LogP contribution is 2.41. The van der Waals surface area contributed by atoms with Gasteiger partial charge in [0.15, 0.2) is 0 Å². The van der Waals surface area contributed by atoms with Crippen LogP contribution in [0.25, 0.3) is 0 Å². The number of fused-ring (bicyclic) bond motifs is 1. The number of ether oxygens (including phenoxy) is 1. The molecule has 1 N–H and O–H groups in total. The van der Waals surface area contributed by atoms with Gasteiger partial charge in [-0.3, -0.25) is 4.79 Å². The summed E-state index contributed by atoms with van der Waals surface area (Å²) in [5, 5.41) is 9.27. The highest BCUT2D eigenvalue weighted by molar-refractivity contribution is 9.10. The average Bonchev–Trinajstić information content (AvgIpc) is 2.51. The van der Waals surface area contributed by atoms with Crippen molar-refractivity contribution in [1.29, 1.82) is 0 Å². The largest absolute Gasteiger partial charge is 0.487 e. The molecule has 0 saturated carbocycles. The molecular formula is C15H19BrO3. The lowest BCUT2D eigenvalue weighted by atomic mass is 9.85. The molecule has 0 bridgehead atoms. The second-order valence-electron chi connectivity index (χ2n) is 6.46. The van der Waals surface area contributed by atoms with E-state index in [-0.39, 0.29) is 5.60 Å². The maximum Gasteiger partial charge on any atom is 0.309 e. The predicted octanol–water partition coefficient (Wildman–Crippen LogP) is 3.82. The van der Waals surface area contributed by atoms with Gasteiger partial charge >= 0.3 is 5.97 Å². The van der Waals surface area contributed by atoms with E-state index in [9.17, 15) is 9.90 Å². The molecule has 0 spiro atoms. The Morgan fingerprint density at radius 3 is 2.68 bits per heavy atom. The molecule has 0 aliphatic carbocycles. The van der Waals surface area contributed by atoms with Crippen LogP contribution in [-0.4, -0.2) is 16.7 Å². The van der Waals surface area contributed by atoms with E-state index in [1.807, 2.05) is 19.9 Å². The molecule has 0 aromatic heterocycles. The van der Waals surface area contributed by atoms with Gasteiger partial charge in [-0.25, -0.2) is 0 Å². The van der Waals surface area contributed by atoms with Gasteiger partial charge in [0, 0.05) is 10.9 Å². The molecular weight excluding hydrogens is 308 g/mol. The molecule has 104 valence electrons. The molecule has 0 saturated heterocycles. The minimum atomic E-state index is -0.801. The Labute approximate surface area is 122 Å². The van der Waals surface area contributed by atoms with E-state index in [0.29, 0.717) is 6.42 Å². The molecule has 19 heavy (non-hydrogen) atoms. The smallest absolute Gasteiger partial charge is 0.309 e. The highest BCUT2D eigenvalue weighted by Gasteiger charge is 2.35. The fourth-order valence-corrected chi connectivity index (χ4v) is 2.98. The molecule has 1 heterocycles. The number of carboxylic acid groups (broad SMARTS) is 1. The van der Waals surface area contributed by atoms with E-state index in [1.54, 1.807) is 13.8 Å². The highest BCUT2D eigenvalue weighted by atomic mass is 79.9. The predicted molar refractivity (Wildman–Crippen MR) is 77.7 cm³/mol. The number of aliphatic carboxylic acids is 1. The third kappa shape index (κ3) is 2.94. The number of hydrogen-bond acceptors (Lipinski definition) is 2. The summed E-state index contributed by atoms with van der Waals surface area (Å²) in [6.07, 6.45) is 1.31. The van der Waals surface area contributed by atoms with Crippen molar-refractivity contribution in [3.8, 4) is 5.75 Å². The second kappa shape index (κ2) is 4.51. The van der Waals surface area contributed by atoms with Crippen LogP contribution < -0.4 is 4.74 Å². The van der Waals surface area contributed by atoms with E-state index in [0.717, 1.165) is 27.8 Å². The van der Waals surface area contributed by atoms with Crippen LogP contribution in [0.3, 0.4) is 0 Å². The molecule has 1 aliphatic heterocycles. The topological polar surface area (TPSA) is 46.5 Å². The minimum Gasteiger partial charge on any atom is -0.487 e. The lowest BCUT2D eigenvalue weighted by Crippen LogP contribution is -2.27. The molecule has 4 heteroatoms. The SMILES string of the molecule is CC1(C)Cc2cc(Br)cc(CC(C)(C)C(=O)O)c2O1. The maximum absolute atomic E-state index is 11.3. The van der Waals surface area contributed by atoms with Crippen LogP contribution in [0.5, 0.6) is 5.75 Å². The Morgan fingerprint density at radius 1 is 1.47 bits per heavy atom. The third-order valence-corrected chi connectivity index (χ3v) is 3.87. The van der Waals surface area contributed by atoms with Gasteiger partial charge in [0.2, 0.25) is 0 Å². The van der Waals surface area contributed by atoms with Crippen LogP contribution in [0.1, 0.15) is 38.8 Å². The Balaban J connectivity index is 2.41. The number of carboxylic acids is 1. The van der Waals surface area contributed by atoms with Crippen molar-refractivity contribution in [1.82, 2.24) is 0 Å². The Bertz CT molecular complexity index is 532. The van der Waals surface area contributed by atoms with Crippen LogP contribution >= 0.6 is 15.9 Å². The van der Waals surface area contributed by atoms with E-state index in [1.165, 1.54) is 0 Å². The summed E-state index contributed by atoms with van der Waals surface area (Å²) >= 11 is 3.49. The molecule has 0 atom stereocenters. The molecule has 1 aromatic rings. The lowest BCUT2D eigenvalue weighted by Gasteiger charge is -2.22. The first-order valence-corrected chi connectivity index (χ1v) is 7.14. The first kappa shape index (κ1) is 14.4. The van der Waals surface area contributed by atoms with Crippen molar-refractivity contribution in [2.75, 3.05) is 0 Å². The molecule has 3 nitrogen and oxygen atoms in total. The van der Waals surface area contributed by atoms with E-state index >= 15 is 0 Å².